The van der Waals surface area contributed by atoms with E-state index in [-0.39, 0.29) is 11.9 Å². The van der Waals surface area contributed by atoms with Crippen molar-refractivity contribution in [3.8, 4) is 0 Å². The molecule has 1 fully saturated rings. The molecular formula is C16H25FN2O2. The van der Waals surface area contributed by atoms with Crippen LogP contribution in [0.3, 0.4) is 0 Å². The second-order valence-electron chi connectivity index (χ2n) is 5.46. The Bertz CT molecular complexity index is 436. The molecule has 0 aromatic heterocycles. The summed E-state index contributed by atoms with van der Waals surface area (Å²) in [6.07, 6.45) is 1.43. The first-order chi connectivity index (χ1) is 10.2. The van der Waals surface area contributed by atoms with E-state index in [1.807, 2.05) is 24.0 Å². The van der Waals surface area contributed by atoms with Crippen molar-refractivity contribution in [2.24, 2.45) is 0 Å². The molecule has 1 aromatic carbocycles. The van der Waals surface area contributed by atoms with Crippen molar-refractivity contribution in [2.45, 2.75) is 32.4 Å². The van der Waals surface area contributed by atoms with Gasteiger partial charge in [0.25, 0.3) is 0 Å². The summed E-state index contributed by atoms with van der Waals surface area (Å²) >= 11 is 0. The Morgan fingerprint density at radius 3 is 2.81 bits per heavy atom. The predicted molar refractivity (Wildman–Crippen MR) is 82.1 cm³/mol. The number of rotatable bonds is 7. The maximum absolute atomic E-state index is 14.2. The average molecular weight is 296 g/mol. The Morgan fingerprint density at radius 2 is 2.14 bits per heavy atom. The summed E-state index contributed by atoms with van der Waals surface area (Å²) in [6, 6.07) is 5.34. The number of halogens is 1. The highest BCUT2D eigenvalue weighted by atomic mass is 19.1. The maximum Gasteiger partial charge on any atom is 0.146 e. The lowest BCUT2D eigenvalue weighted by atomic mass is 10.1. The standard InChI is InChI=1S/C16H25FN2O2/c1-2-3-14(20)12-18-11-13-4-5-16(15(17)10-13)19-6-8-21-9-7-19/h4-5,10,14,18,20H,2-3,6-9,11-12H2,1H3. The predicted octanol–water partition coefficient (Wildman–Crippen LogP) is 1.91. The van der Waals surface area contributed by atoms with E-state index in [9.17, 15) is 9.50 Å². The third-order valence-corrected chi connectivity index (χ3v) is 3.69. The second kappa shape index (κ2) is 8.32. The van der Waals surface area contributed by atoms with Crippen LogP contribution in [-0.4, -0.2) is 44.1 Å². The molecule has 2 rings (SSSR count). The summed E-state index contributed by atoms with van der Waals surface area (Å²) in [5.74, 6) is -0.190. The molecule has 1 unspecified atom stereocenters. The molecule has 0 radical (unpaired) electrons. The maximum atomic E-state index is 14.2. The van der Waals surface area contributed by atoms with Crippen LogP contribution in [0.15, 0.2) is 18.2 Å². The fraction of sp³-hybridized carbons (Fsp3) is 0.625. The first-order valence-corrected chi connectivity index (χ1v) is 7.70. The Morgan fingerprint density at radius 1 is 1.38 bits per heavy atom. The Balaban J connectivity index is 1.86. The van der Waals surface area contributed by atoms with Crippen molar-refractivity contribution in [2.75, 3.05) is 37.7 Å². The number of nitrogens with zero attached hydrogens (tertiary/aromatic N) is 1. The first kappa shape index (κ1) is 16.2. The van der Waals surface area contributed by atoms with Gasteiger partial charge >= 0.3 is 0 Å². The van der Waals surface area contributed by atoms with Crippen LogP contribution in [0.5, 0.6) is 0 Å². The van der Waals surface area contributed by atoms with Gasteiger partial charge in [-0.05, 0) is 24.1 Å². The zero-order valence-electron chi connectivity index (χ0n) is 12.6. The monoisotopic (exact) mass is 296 g/mol. The number of ether oxygens (including phenoxy) is 1. The molecule has 118 valence electrons. The van der Waals surface area contributed by atoms with E-state index in [1.165, 1.54) is 0 Å². The average Bonchev–Trinajstić information content (AvgIpc) is 2.48. The van der Waals surface area contributed by atoms with Gasteiger partial charge in [-0.1, -0.05) is 19.4 Å². The quantitative estimate of drug-likeness (QED) is 0.807. The minimum Gasteiger partial charge on any atom is -0.392 e. The van der Waals surface area contributed by atoms with Crippen LogP contribution in [0.2, 0.25) is 0 Å². The molecule has 0 amide bonds. The van der Waals surface area contributed by atoms with Crippen molar-refractivity contribution >= 4 is 5.69 Å². The van der Waals surface area contributed by atoms with Crippen LogP contribution in [-0.2, 0) is 11.3 Å². The minimum absolute atomic E-state index is 0.190. The van der Waals surface area contributed by atoms with Crippen LogP contribution in [0.4, 0.5) is 10.1 Å². The summed E-state index contributed by atoms with van der Waals surface area (Å²) in [5, 5.41) is 12.8. The van der Waals surface area contributed by atoms with E-state index in [0.29, 0.717) is 32.0 Å². The number of benzene rings is 1. The summed E-state index contributed by atoms with van der Waals surface area (Å²) < 4.78 is 19.5. The number of morpholine rings is 1. The summed E-state index contributed by atoms with van der Waals surface area (Å²) in [7, 11) is 0. The number of anilines is 1. The van der Waals surface area contributed by atoms with Gasteiger partial charge in [0, 0.05) is 26.2 Å². The molecule has 0 aliphatic carbocycles. The van der Waals surface area contributed by atoms with Crippen LogP contribution in [0, 0.1) is 5.82 Å². The molecule has 21 heavy (non-hydrogen) atoms. The van der Waals surface area contributed by atoms with Gasteiger partial charge in [-0.15, -0.1) is 0 Å². The Kier molecular flexibility index (Phi) is 6.42. The smallest absolute Gasteiger partial charge is 0.146 e. The normalized spacial score (nSPS) is 17.0. The fourth-order valence-electron chi connectivity index (χ4n) is 2.54. The SMILES string of the molecule is CCCC(O)CNCc1ccc(N2CCOCC2)c(F)c1. The second-order valence-corrected chi connectivity index (χ2v) is 5.46. The molecule has 1 saturated heterocycles. The molecule has 0 bridgehead atoms. The third-order valence-electron chi connectivity index (χ3n) is 3.69. The van der Waals surface area contributed by atoms with Crippen LogP contribution in [0.25, 0.3) is 0 Å². The molecule has 2 N–H and O–H groups in total. The van der Waals surface area contributed by atoms with E-state index in [4.69, 9.17) is 4.74 Å². The summed E-state index contributed by atoms with van der Waals surface area (Å²) in [4.78, 5) is 2.01. The van der Waals surface area contributed by atoms with Crippen LogP contribution < -0.4 is 10.2 Å². The van der Waals surface area contributed by atoms with Crippen molar-refractivity contribution in [3.05, 3.63) is 29.6 Å². The minimum atomic E-state index is -0.326. The zero-order chi connectivity index (χ0) is 15.1. The molecule has 0 spiro atoms. The number of hydrogen-bond donors (Lipinski definition) is 2. The van der Waals surface area contributed by atoms with E-state index in [0.717, 1.165) is 31.5 Å². The highest BCUT2D eigenvalue weighted by Gasteiger charge is 2.15. The zero-order valence-corrected chi connectivity index (χ0v) is 12.6. The van der Waals surface area contributed by atoms with Gasteiger partial charge in [0.15, 0.2) is 0 Å². The lowest BCUT2D eigenvalue weighted by molar-refractivity contribution is 0.122. The molecule has 1 aliphatic rings. The van der Waals surface area contributed by atoms with Gasteiger partial charge in [-0.25, -0.2) is 4.39 Å². The number of nitrogens with one attached hydrogen (secondary N) is 1. The fourth-order valence-corrected chi connectivity index (χ4v) is 2.54. The van der Waals surface area contributed by atoms with Gasteiger partial charge in [0.05, 0.1) is 25.0 Å². The van der Waals surface area contributed by atoms with E-state index < -0.39 is 0 Å². The summed E-state index contributed by atoms with van der Waals surface area (Å²) in [5.41, 5.74) is 1.54. The lowest BCUT2D eigenvalue weighted by Crippen LogP contribution is -2.36. The lowest BCUT2D eigenvalue weighted by Gasteiger charge is -2.29. The molecule has 1 aromatic rings. The van der Waals surface area contributed by atoms with E-state index >= 15 is 0 Å². The van der Waals surface area contributed by atoms with Crippen LogP contribution >= 0.6 is 0 Å². The Hall–Kier alpha value is -1.17. The number of hydrogen-bond acceptors (Lipinski definition) is 4. The van der Waals surface area contributed by atoms with Gasteiger partial charge in [-0.2, -0.15) is 0 Å². The van der Waals surface area contributed by atoms with E-state index in [1.54, 1.807) is 6.07 Å². The number of aliphatic hydroxyl groups excluding tert-OH is 1. The van der Waals surface area contributed by atoms with Gasteiger partial charge < -0.3 is 20.1 Å². The third kappa shape index (κ3) is 4.95. The van der Waals surface area contributed by atoms with Crippen molar-refractivity contribution in [1.82, 2.24) is 5.32 Å². The van der Waals surface area contributed by atoms with Crippen LogP contribution in [0.1, 0.15) is 25.3 Å². The van der Waals surface area contributed by atoms with Gasteiger partial charge in [0.2, 0.25) is 0 Å². The Labute approximate surface area is 125 Å². The van der Waals surface area contributed by atoms with E-state index in [2.05, 4.69) is 5.32 Å². The molecule has 1 aliphatic heterocycles. The summed E-state index contributed by atoms with van der Waals surface area (Å²) in [6.45, 7) is 5.93. The molecule has 5 heteroatoms. The molecular weight excluding hydrogens is 271 g/mol. The topological polar surface area (TPSA) is 44.7 Å². The van der Waals surface area contributed by atoms with Crippen molar-refractivity contribution in [1.29, 1.82) is 0 Å². The largest absolute Gasteiger partial charge is 0.392 e. The molecule has 4 nitrogen and oxygen atoms in total. The van der Waals surface area contributed by atoms with Gasteiger partial charge in [-0.3, -0.25) is 0 Å². The van der Waals surface area contributed by atoms with Crippen molar-refractivity contribution < 1.29 is 14.2 Å². The van der Waals surface area contributed by atoms with Gasteiger partial charge in [0.1, 0.15) is 5.82 Å². The highest BCUT2D eigenvalue weighted by molar-refractivity contribution is 5.49. The molecule has 1 heterocycles. The number of aliphatic hydroxyl groups is 1. The van der Waals surface area contributed by atoms with Crippen molar-refractivity contribution in [3.63, 3.8) is 0 Å². The molecule has 0 saturated carbocycles. The highest BCUT2D eigenvalue weighted by Crippen LogP contribution is 2.21. The molecule has 1 atom stereocenters. The first-order valence-electron chi connectivity index (χ1n) is 7.70.